The summed E-state index contributed by atoms with van der Waals surface area (Å²) in [5, 5.41) is 25.3. The molecular formula is C30H29N5O7. The molecule has 1 aliphatic rings. The van der Waals surface area contributed by atoms with E-state index in [4.69, 9.17) is 0 Å². The Morgan fingerprint density at radius 3 is 2.24 bits per heavy atom. The number of carbonyl (C=O) groups excluding carboxylic acids is 3. The van der Waals surface area contributed by atoms with Gasteiger partial charge in [0, 0.05) is 74.2 Å². The van der Waals surface area contributed by atoms with E-state index in [1.54, 1.807) is 0 Å². The number of piperidine rings is 1. The lowest BCUT2D eigenvalue weighted by Gasteiger charge is -2.35. The molecule has 216 valence electrons. The Morgan fingerprint density at radius 1 is 0.952 bits per heavy atom. The van der Waals surface area contributed by atoms with Crippen LogP contribution in [0.15, 0.2) is 78.5 Å². The number of nitrogens with zero attached hydrogens (tertiary/aromatic N) is 4. The number of nitro benzene ring substituents is 2. The van der Waals surface area contributed by atoms with E-state index in [0.29, 0.717) is 24.5 Å². The second-order valence-electron chi connectivity index (χ2n) is 9.87. The minimum absolute atomic E-state index is 0.0369. The van der Waals surface area contributed by atoms with E-state index in [1.807, 2.05) is 35.1 Å². The Kier molecular flexibility index (Phi) is 9.41. The number of hydrogen-bond acceptors (Lipinski definition) is 8. The monoisotopic (exact) mass is 571 g/mol. The average Bonchev–Trinajstić information content (AvgIpc) is 2.99. The molecule has 1 saturated heterocycles. The Hall–Kier alpha value is -5.35. The maximum absolute atomic E-state index is 13.5. The van der Waals surface area contributed by atoms with Crippen LogP contribution in [0.3, 0.4) is 0 Å². The summed E-state index contributed by atoms with van der Waals surface area (Å²) in [6.45, 7) is 2.64. The molecule has 0 saturated carbocycles. The number of nitro groups is 2. The van der Waals surface area contributed by atoms with Crippen molar-refractivity contribution in [3.8, 4) is 0 Å². The largest absolute Gasteiger partial charge is 0.366 e. The van der Waals surface area contributed by atoms with Crippen LogP contribution in [0.25, 0.3) is 0 Å². The lowest BCUT2D eigenvalue weighted by Crippen LogP contribution is -2.36. The molecule has 0 aromatic heterocycles. The SMILES string of the molecule is CC(=O)Nc1ccccc1C1CCN(C(=C=O)CCN(C(=O)c2cccc([N+](=O)[O-])c2)c2ccc([N+](=O)[O-])cc2)CC1. The first-order valence-electron chi connectivity index (χ1n) is 13.3. The second kappa shape index (κ2) is 13.3. The van der Waals surface area contributed by atoms with Crippen molar-refractivity contribution in [2.24, 2.45) is 0 Å². The molecule has 0 atom stereocenters. The molecule has 1 aliphatic heterocycles. The van der Waals surface area contributed by atoms with Gasteiger partial charge < -0.3 is 15.1 Å². The summed E-state index contributed by atoms with van der Waals surface area (Å²) in [7, 11) is 0. The summed E-state index contributed by atoms with van der Waals surface area (Å²) in [5.41, 5.74) is 2.19. The summed E-state index contributed by atoms with van der Waals surface area (Å²) in [4.78, 5) is 61.8. The maximum Gasteiger partial charge on any atom is 0.270 e. The summed E-state index contributed by atoms with van der Waals surface area (Å²) in [6.07, 6.45) is 1.62. The third-order valence-electron chi connectivity index (χ3n) is 7.20. The van der Waals surface area contributed by atoms with Crippen LogP contribution < -0.4 is 10.2 Å². The summed E-state index contributed by atoms with van der Waals surface area (Å²) >= 11 is 0. The van der Waals surface area contributed by atoms with E-state index < -0.39 is 15.8 Å². The average molecular weight is 572 g/mol. The summed E-state index contributed by atoms with van der Waals surface area (Å²) in [6, 6.07) is 18.3. The number of likely N-dealkylation sites (tertiary alicyclic amines) is 1. The van der Waals surface area contributed by atoms with Crippen molar-refractivity contribution in [3.05, 3.63) is 110 Å². The highest BCUT2D eigenvalue weighted by Gasteiger charge is 2.26. The van der Waals surface area contributed by atoms with E-state index in [1.165, 1.54) is 60.4 Å². The number of hydrogen-bond donors (Lipinski definition) is 1. The van der Waals surface area contributed by atoms with Gasteiger partial charge in [-0.15, -0.1) is 0 Å². The molecule has 0 unspecified atom stereocenters. The van der Waals surface area contributed by atoms with Crippen LogP contribution in [0.1, 0.15) is 48.0 Å². The molecule has 12 nitrogen and oxygen atoms in total. The Labute approximate surface area is 241 Å². The molecular weight excluding hydrogens is 542 g/mol. The lowest BCUT2D eigenvalue weighted by molar-refractivity contribution is -0.385. The highest BCUT2D eigenvalue weighted by atomic mass is 16.6. The molecule has 2 amide bonds. The summed E-state index contributed by atoms with van der Waals surface area (Å²) < 4.78 is 0. The first kappa shape index (κ1) is 29.6. The zero-order valence-corrected chi connectivity index (χ0v) is 22.9. The number of para-hydroxylation sites is 1. The van der Waals surface area contributed by atoms with Crippen LogP contribution in [-0.2, 0) is 9.59 Å². The number of carbonyl (C=O) groups is 2. The molecule has 12 heteroatoms. The minimum atomic E-state index is -0.599. The van der Waals surface area contributed by atoms with Crippen molar-refractivity contribution >= 4 is 40.5 Å². The minimum Gasteiger partial charge on any atom is -0.366 e. The van der Waals surface area contributed by atoms with Crippen LogP contribution in [0, 0.1) is 20.2 Å². The van der Waals surface area contributed by atoms with Gasteiger partial charge in [0.05, 0.1) is 9.85 Å². The third kappa shape index (κ3) is 7.04. The van der Waals surface area contributed by atoms with Gasteiger partial charge in [0.2, 0.25) is 5.91 Å². The van der Waals surface area contributed by atoms with Gasteiger partial charge in [-0.2, -0.15) is 0 Å². The van der Waals surface area contributed by atoms with Gasteiger partial charge in [0.25, 0.3) is 17.3 Å². The first-order valence-corrected chi connectivity index (χ1v) is 13.3. The lowest BCUT2D eigenvalue weighted by atomic mass is 9.88. The highest BCUT2D eigenvalue weighted by molar-refractivity contribution is 6.06. The van der Waals surface area contributed by atoms with Crippen LogP contribution in [0.5, 0.6) is 0 Å². The van der Waals surface area contributed by atoms with E-state index in [0.717, 1.165) is 24.1 Å². The molecule has 0 radical (unpaired) electrons. The standard InChI is InChI=1S/C30H29N5O7/c1-21(37)31-29-8-3-2-7-28(29)22-13-16-32(17-14-22)27(20-36)15-18-33(24-9-11-25(12-10-24)34(39)40)30(38)23-5-4-6-26(19-23)35(41)42/h2-12,19,22H,13-18H2,1H3,(H,31,37). The molecule has 1 N–H and O–H groups in total. The zero-order chi connectivity index (χ0) is 30.2. The van der Waals surface area contributed by atoms with Gasteiger partial charge in [0.15, 0.2) is 0 Å². The van der Waals surface area contributed by atoms with Gasteiger partial charge in [-0.1, -0.05) is 24.3 Å². The molecule has 3 aromatic rings. The molecule has 0 aliphatic carbocycles. The quantitative estimate of drug-likeness (QED) is 0.200. The fourth-order valence-corrected chi connectivity index (χ4v) is 5.12. The predicted molar refractivity (Wildman–Crippen MR) is 156 cm³/mol. The fourth-order valence-electron chi connectivity index (χ4n) is 5.12. The van der Waals surface area contributed by atoms with E-state index in [2.05, 4.69) is 5.32 Å². The number of non-ortho nitro benzene ring substituents is 2. The van der Waals surface area contributed by atoms with Crippen molar-refractivity contribution in [2.45, 2.75) is 32.1 Å². The highest BCUT2D eigenvalue weighted by Crippen LogP contribution is 2.34. The van der Waals surface area contributed by atoms with Crippen molar-refractivity contribution in [1.82, 2.24) is 4.90 Å². The number of anilines is 2. The fraction of sp³-hybridized carbons (Fsp3) is 0.267. The Bertz CT molecular complexity index is 1540. The zero-order valence-electron chi connectivity index (χ0n) is 22.9. The topological polar surface area (TPSA) is 156 Å². The molecule has 0 bridgehead atoms. The van der Waals surface area contributed by atoms with Crippen LogP contribution in [-0.4, -0.2) is 52.1 Å². The normalized spacial score (nSPS) is 13.1. The molecule has 3 aromatic carbocycles. The van der Waals surface area contributed by atoms with Crippen LogP contribution >= 0.6 is 0 Å². The first-order chi connectivity index (χ1) is 20.2. The molecule has 1 fully saturated rings. The number of rotatable bonds is 10. The van der Waals surface area contributed by atoms with Gasteiger partial charge in [-0.25, -0.2) is 4.79 Å². The number of benzene rings is 3. The molecule has 42 heavy (non-hydrogen) atoms. The molecule has 4 rings (SSSR count). The summed E-state index contributed by atoms with van der Waals surface area (Å²) in [5.74, 6) is 1.50. The van der Waals surface area contributed by atoms with Gasteiger partial charge in [-0.3, -0.25) is 29.8 Å². The van der Waals surface area contributed by atoms with E-state index in [9.17, 15) is 34.6 Å². The Morgan fingerprint density at radius 2 is 1.62 bits per heavy atom. The number of amides is 2. The van der Waals surface area contributed by atoms with Crippen molar-refractivity contribution in [1.29, 1.82) is 0 Å². The van der Waals surface area contributed by atoms with Crippen LogP contribution in [0.2, 0.25) is 0 Å². The van der Waals surface area contributed by atoms with Gasteiger partial charge in [-0.05, 0) is 48.6 Å². The van der Waals surface area contributed by atoms with E-state index in [-0.39, 0.29) is 41.7 Å². The number of nitrogens with one attached hydrogen (secondary N) is 1. The van der Waals surface area contributed by atoms with Crippen LogP contribution in [0.4, 0.5) is 22.7 Å². The van der Waals surface area contributed by atoms with Crippen molar-refractivity contribution in [3.63, 3.8) is 0 Å². The molecule has 1 heterocycles. The van der Waals surface area contributed by atoms with E-state index >= 15 is 0 Å². The third-order valence-corrected chi connectivity index (χ3v) is 7.20. The Balaban J connectivity index is 1.50. The van der Waals surface area contributed by atoms with Crippen molar-refractivity contribution < 1.29 is 24.2 Å². The predicted octanol–water partition coefficient (Wildman–Crippen LogP) is 5.09. The smallest absolute Gasteiger partial charge is 0.270 e. The molecule has 0 spiro atoms. The maximum atomic E-state index is 13.5. The second-order valence-corrected chi connectivity index (χ2v) is 9.87. The van der Waals surface area contributed by atoms with Crippen molar-refractivity contribution in [2.75, 3.05) is 29.9 Å². The van der Waals surface area contributed by atoms with Gasteiger partial charge >= 0.3 is 0 Å². The van der Waals surface area contributed by atoms with Gasteiger partial charge in [0.1, 0.15) is 11.6 Å².